The quantitative estimate of drug-likeness (QED) is 0.674. The number of amides is 1. The summed E-state index contributed by atoms with van der Waals surface area (Å²) in [6.45, 7) is 0. The molecule has 5 heteroatoms. The minimum atomic E-state index is -0.537. The predicted octanol–water partition coefficient (Wildman–Crippen LogP) is 1.21. The number of benzene rings is 1. The fourth-order valence-electron chi connectivity index (χ4n) is 1.03. The van der Waals surface area contributed by atoms with Crippen LogP contribution in [-0.4, -0.2) is 19.3 Å². The van der Waals surface area contributed by atoms with Gasteiger partial charge in [-0.15, -0.1) is 0 Å². The van der Waals surface area contributed by atoms with Crippen LogP contribution in [0.1, 0.15) is 20.7 Å². The van der Waals surface area contributed by atoms with E-state index in [-0.39, 0.29) is 0 Å². The van der Waals surface area contributed by atoms with Crippen molar-refractivity contribution in [2.45, 2.75) is 0 Å². The van der Waals surface area contributed by atoms with Gasteiger partial charge in [-0.2, -0.15) is 0 Å². The van der Waals surface area contributed by atoms with Crippen molar-refractivity contribution in [3.8, 4) is 5.75 Å². The van der Waals surface area contributed by atoms with Gasteiger partial charge in [-0.1, -0.05) is 0 Å². The molecule has 2 N–H and O–H groups in total. The summed E-state index contributed by atoms with van der Waals surface area (Å²) >= 11 is 1.94. The van der Waals surface area contributed by atoms with Crippen molar-refractivity contribution < 1.29 is 14.3 Å². The van der Waals surface area contributed by atoms with Gasteiger partial charge in [-0.25, -0.2) is 0 Å². The second-order valence-electron chi connectivity index (χ2n) is 2.56. The normalized spacial score (nSPS) is 9.57. The third-order valence-electron chi connectivity index (χ3n) is 1.71. The molecule has 1 rings (SSSR count). The molecule has 0 aliphatic carbocycles. The molecule has 0 spiro atoms. The van der Waals surface area contributed by atoms with Crippen molar-refractivity contribution in [1.82, 2.24) is 0 Å². The molecule has 0 saturated heterocycles. The highest BCUT2D eigenvalue weighted by Gasteiger charge is 2.11. The van der Waals surface area contributed by atoms with E-state index in [9.17, 15) is 9.59 Å². The van der Waals surface area contributed by atoms with Gasteiger partial charge in [0, 0.05) is 3.57 Å². The predicted molar refractivity (Wildman–Crippen MR) is 59.6 cm³/mol. The minimum absolute atomic E-state index is 0.355. The third-order valence-corrected chi connectivity index (χ3v) is 2.60. The summed E-state index contributed by atoms with van der Waals surface area (Å²) in [7, 11) is 1.43. The Balaban J connectivity index is 3.37. The van der Waals surface area contributed by atoms with E-state index in [0.717, 1.165) is 0 Å². The van der Waals surface area contributed by atoms with E-state index in [1.165, 1.54) is 13.2 Å². The molecule has 0 heterocycles. The molecule has 4 nitrogen and oxygen atoms in total. The van der Waals surface area contributed by atoms with Crippen LogP contribution in [0.3, 0.4) is 0 Å². The lowest BCUT2D eigenvalue weighted by Gasteiger charge is -2.06. The van der Waals surface area contributed by atoms with Gasteiger partial charge >= 0.3 is 0 Å². The van der Waals surface area contributed by atoms with Crippen molar-refractivity contribution in [3.05, 3.63) is 26.8 Å². The lowest BCUT2D eigenvalue weighted by Crippen LogP contribution is -2.13. The van der Waals surface area contributed by atoms with Crippen LogP contribution in [0.5, 0.6) is 5.75 Å². The molecule has 0 aromatic heterocycles. The molecule has 0 bridgehead atoms. The van der Waals surface area contributed by atoms with Crippen LogP contribution < -0.4 is 10.5 Å². The first kappa shape index (κ1) is 11.0. The Morgan fingerprint density at radius 1 is 1.57 bits per heavy atom. The van der Waals surface area contributed by atoms with Crippen molar-refractivity contribution in [2.75, 3.05) is 7.11 Å². The monoisotopic (exact) mass is 305 g/mol. The zero-order valence-corrected chi connectivity index (χ0v) is 9.57. The standard InChI is InChI=1S/C9H8INO3/c1-14-8-3-6(9(11)13)7(10)2-5(8)4-12/h2-4H,1H3,(H2,11,13). The van der Waals surface area contributed by atoms with E-state index >= 15 is 0 Å². The SMILES string of the molecule is COc1cc(C(N)=O)c(I)cc1C=O. The zero-order chi connectivity index (χ0) is 10.7. The minimum Gasteiger partial charge on any atom is -0.496 e. The molecule has 1 aromatic rings. The Hall–Kier alpha value is -1.11. The number of nitrogens with two attached hydrogens (primary N) is 1. The van der Waals surface area contributed by atoms with Crippen molar-refractivity contribution in [2.24, 2.45) is 5.73 Å². The Bertz CT molecular complexity index is 390. The van der Waals surface area contributed by atoms with Crippen LogP contribution in [0.2, 0.25) is 0 Å². The molecule has 0 atom stereocenters. The highest BCUT2D eigenvalue weighted by Crippen LogP contribution is 2.23. The number of rotatable bonds is 3. The maximum Gasteiger partial charge on any atom is 0.249 e. The van der Waals surface area contributed by atoms with Gasteiger partial charge in [0.2, 0.25) is 5.91 Å². The average molecular weight is 305 g/mol. The number of ether oxygens (including phenoxy) is 1. The second kappa shape index (κ2) is 4.41. The molecule has 0 fully saturated rings. The molecule has 0 saturated carbocycles. The third kappa shape index (κ3) is 2.03. The van der Waals surface area contributed by atoms with Crippen LogP contribution in [-0.2, 0) is 0 Å². The molecule has 74 valence electrons. The molecule has 1 amide bonds. The second-order valence-corrected chi connectivity index (χ2v) is 3.72. The molecule has 1 aromatic carbocycles. The van der Waals surface area contributed by atoms with Gasteiger partial charge in [0.25, 0.3) is 0 Å². The van der Waals surface area contributed by atoms with Gasteiger partial charge in [0.15, 0.2) is 6.29 Å². The van der Waals surface area contributed by atoms with Crippen LogP contribution in [0.15, 0.2) is 12.1 Å². The Labute approximate surface area is 94.6 Å². The molecular formula is C9H8INO3. The highest BCUT2D eigenvalue weighted by atomic mass is 127. The van der Waals surface area contributed by atoms with Crippen molar-refractivity contribution in [3.63, 3.8) is 0 Å². The van der Waals surface area contributed by atoms with E-state index in [0.29, 0.717) is 26.7 Å². The first-order valence-corrected chi connectivity index (χ1v) is 4.80. The molecular weight excluding hydrogens is 297 g/mol. The lowest BCUT2D eigenvalue weighted by molar-refractivity contribution is 0.0998. The van der Waals surface area contributed by atoms with E-state index in [1.54, 1.807) is 6.07 Å². The Morgan fingerprint density at radius 3 is 2.64 bits per heavy atom. The topological polar surface area (TPSA) is 69.4 Å². The maximum atomic E-state index is 11.0. The van der Waals surface area contributed by atoms with E-state index in [4.69, 9.17) is 10.5 Å². The Morgan fingerprint density at radius 2 is 2.21 bits per heavy atom. The number of methoxy groups -OCH3 is 1. The summed E-state index contributed by atoms with van der Waals surface area (Å²) in [5.41, 5.74) is 5.90. The van der Waals surface area contributed by atoms with Crippen LogP contribution >= 0.6 is 22.6 Å². The van der Waals surface area contributed by atoms with E-state index < -0.39 is 5.91 Å². The molecule has 0 unspecified atom stereocenters. The highest BCUT2D eigenvalue weighted by molar-refractivity contribution is 14.1. The molecule has 0 radical (unpaired) electrons. The van der Waals surface area contributed by atoms with Crippen LogP contribution in [0.4, 0.5) is 0 Å². The number of carbonyl (C=O) groups excluding carboxylic acids is 2. The fourth-order valence-corrected chi connectivity index (χ4v) is 1.78. The zero-order valence-electron chi connectivity index (χ0n) is 7.41. The molecule has 0 aliphatic rings. The number of halogens is 1. The van der Waals surface area contributed by atoms with Gasteiger partial charge < -0.3 is 10.5 Å². The average Bonchev–Trinajstić information content (AvgIpc) is 2.16. The summed E-state index contributed by atoms with van der Waals surface area (Å²) < 4.78 is 5.58. The molecule has 14 heavy (non-hydrogen) atoms. The summed E-state index contributed by atoms with van der Waals surface area (Å²) in [6.07, 6.45) is 0.672. The summed E-state index contributed by atoms with van der Waals surface area (Å²) in [5, 5.41) is 0. The number of carbonyl (C=O) groups is 2. The van der Waals surface area contributed by atoms with E-state index in [1.807, 2.05) is 22.6 Å². The number of hydrogen-bond donors (Lipinski definition) is 1. The first-order chi connectivity index (χ1) is 6.60. The van der Waals surface area contributed by atoms with Crippen LogP contribution in [0, 0.1) is 3.57 Å². The number of primary amides is 1. The number of hydrogen-bond acceptors (Lipinski definition) is 3. The summed E-state index contributed by atoms with van der Waals surface area (Å²) in [5.74, 6) is -0.181. The first-order valence-electron chi connectivity index (χ1n) is 3.72. The summed E-state index contributed by atoms with van der Waals surface area (Å²) in [6, 6.07) is 3.03. The van der Waals surface area contributed by atoms with Crippen LogP contribution in [0.25, 0.3) is 0 Å². The van der Waals surface area contributed by atoms with Crippen molar-refractivity contribution in [1.29, 1.82) is 0 Å². The van der Waals surface area contributed by atoms with Gasteiger partial charge in [0.05, 0.1) is 18.2 Å². The Kier molecular flexibility index (Phi) is 3.45. The van der Waals surface area contributed by atoms with Crippen molar-refractivity contribution >= 4 is 34.8 Å². The number of aldehydes is 1. The summed E-state index contributed by atoms with van der Waals surface area (Å²) in [4.78, 5) is 21.6. The van der Waals surface area contributed by atoms with Gasteiger partial charge in [-0.05, 0) is 34.7 Å². The maximum absolute atomic E-state index is 11.0. The fraction of sp³-hybridized carbons (Fsp3) is 0.111. The van der Waals surface area contributed by atoms with Gasteiger partial charge in [0.1, 0.15) is 5.75 Å². The van der Waals surface area contributed by atoms with Gasteiger partial charge in [-0.3, -0.25) is 9.59 Å². The van der Waals surface area contributed by atoms with E-state index in [2.05, 4.69) is 0 Å². The molecule has 0 aliphatic heterocycles. The lowest BCUT2D eigenvalue weighted by atomic mass is 10.1. The smallest absolute Gasteiger partial charge is 0.249 e. The largest absolute Gasteiger partial charge is 0.496 e.